The van der Waals surface area contributed by atoms with Gasteiger partial charge in [0.1, 0.15) is 5.75 Å². The first-order chi connectivity index (χ1) is 8.15. The van der Waals surface area contributed by atoms with E-state index in [2.05, 4.69) is 5.32 Å². The van der Waals surface area contributed by atoms with Gasteiger partial charge in [-0.3, -0.25) is 0 Å². The third-order valence-corrected chi connectivity index (χ3v) is 2.33. The monoisotopic (exact) mass is 235 g/mol. The van der Waals surface area contributed by atoms with Crippen molar-refractivity contribution >= 4 is 5.69 Å². The Morgan fingerprint density at radius 1 is 1.00 bits per heavy atom. The van der Waals surface area contributed by atoms with Crippen LogP contribution >= 0.6 is 0 Å². The molecule has 0 amide bonds. The van der Waals surface area contributed by atoms with Crippen LogP contribution in [-0.4, -0.2) is 5.11 Å². The van der Waals surface area contributed by atoms with Crippen molar-refractivity contribution in [1.82, 2.24) is 0 Å². The number of benzene rings is 2. The van der Waals surface area contributed by atoms with E-state index in [1.165, 1.54) is 6.07 Å². The van der Waals surface area contributed by atoms with Crippen LogP contribution in [-0.2, 0) is 6.54 Å². The Morgan fingerprint density at radius 2 is 1.82 bits per heavy atom. The van der Waals surface area contributed by atoms with Gasteiger partial charge in [-0.05, 0) is 29.8 Å². The summed E-state index contributed by atoms with van der Waals surface area (Å²) >= 11 is 0. The van der Waals surface area contributed by atoms with Crippen molar-refractivity contribution in [3.05, 3.63) is 59.7 Å². The van der Waals surface area contributed by atoms with Crippen LogP contribution in [0.15, 0.2) is 42.5 Å². The molecule has 0 bridgehead atoms. The molecule has 2 aromatic rings. The van der Waals surface area contributed by atoms with Crippen molar-refractivity contribution in [1.29, 1.82) is 0 Å². The Kier molecular flexibility index (Phi) is 3.23. The topological polar surface area (TPSA) is 32.3 Å². The van der Waals surface area contributed by atoms with Crippen LogP contribution in [0, 0.1) is 11.6 Å². The summed E-state index contributed by atoms with van der Waals surface area (Å²) in [5.41, 5.74) is 1.35. The van der Waals surface area contributed by atoms with Gasteiger partial charge < -0.3 is 10.4 Å². The standard InChI is InChI=1S/C13H11F2NO/c14-12-5-4-9(6-13(12)15)8-16-10-2-1-3-11(17)7-10/h1-7,16-17H,8H2. The number of anilines is 1. The molecule has 0 aliphatic rings. The molecule has 17 heavy (non-hydrogen) atoms. The molecule has 2 nitrogen and oxygen atoms in total. The highest BCUT2D eigenvalue weighted by Crippen LogP contribution is 2.16. The number of phenols is 1. The number of halogens is 2. The second kappa shape index (κ2) is 4.82. The SMILES string of the molecule is Oc1cccc(NCc2ccc(F)c(F)c2)c1. The molecule has 0 aliphatic heterocycles. The molecule has 0 radical (unpaired) electrons. The van der Waals surface area contributed by atoms with Crippen molar-refractivity contribution in [3.63, 3.8) is 0 Å². The summed E-state index contributed by atoms with van der Waals surface area (Å²) in [4.78, 5) is 0. The Labute approximate surface area is 97.5 Å². The van der Waals surface area contributed by atoms with Gasteiger partial charge in [0, 0.05) is 18.3 Å². The van der Waals surface area contributed by atoms with Crippen molar-refractivity contribution in [3.8, 4) is 5.75 Å². The molecule has 88 valence electrons. The lowest BCUT2D eigenvalue weighted by Crippen LogP contribution is -2.00. The van der Waals surface area contributed by atoms with Gasteiger partial charge in [0.05, 0.1) is 0 Å². The fourth-order valence-electron chi connectivity index (χ4n) is 1.47. The average molecular weight is 235 g/mol. The van der Waals surface area contributed by atoms with Crippen LogP contribution in [0.5, 0.6) is 5.75 Å². The minimum atomic E-state index is -0.861. The van der Waals surface area contributed by atoms with Crippen molar-refractivity contribution in [2.24, 2.45) is 0 Å². The Morgan fingerprint density at radius 3 is 2.53 bits per heavy atom. The third-order valence-electron chi connectivity index (χ3n) is 2.33. The van der Waals surface area contributed by atoms with E-state index in [0.717, 1.165) is 17.8 Å². The Bertz CT molecular complexity index is 529. The molecule has 2 N–H and O–H groups in total. The number of phenolic OH excluding ortho intramolecular Hbond substituents is 1. The molecule has 0 spiro atoms. The van der Waals surface area contributed by atoms with E-state index in [1.807, 2.05) is 0 Å². The molecule has 0 saturated carbocycles. The molecule has 0 saturated heterocycles. The van der Waals surface area contributed by atoms with E-state index in [-0.39, 0.29) is 5.75 Å². The van der Waals surface area contributed by atoms with Crippen LogP contribution in [0.25, 0.3) is 0 Å². The number of nitrogens with one attached hydrogen (secondary N) is 1. The predicted octanol–water partition coefficient (Wildman–Crippen LogP) is 3.28. The van der Waals surface area contributed by atoms with Gasteiger partial charge >= 0.3 is 0 Å². The highest BCUT2D eigenvalue weighted by Gasteiger charge is 2.02. The first-order valence-electron chi connectivity index (χ1n) is 5.12. The zero-order valence-corrected chi connectivity index (χ0v) is 8.95. The molecule has 0 unspecified atom stereocenters. The van der Waals surface area contributed by atoms with Gasteiger partial charge in [0.2, 0.25) is 0 Å². The van der Waals surface area contributed by atoms with Crippen LogP contribution in [0.2, 0.25) is 0 Å². The highest BCUT2D eigenvalue weighted by molar-refractivity contribution is 5.48. The second-order valence-electron chi connectivity index (χ2n) is 3.65. The van der Waals surface area contributed by atoms with Crippen molar-refractivity contribution in [2.45, 2.75) is 6.54 Å². The first kappa shape index (κ1) is 11.4. The molecule has 0 aliphatic carbocycles. The maximum atomic E-state index is 12.9. The van der Waals surface area contributed by atoms with Gasteiger partial charge in [-0.25, -0.2) is 8.78 Å². The largest absolute Gasteiger partial charge is 0.508 e. The van der Waals surface area contributed by atoms with E-state index >= 15 is 0 Å². The molecule has 0 heterocycles. The number of hydrogen-bond acceptors (Lipinski definition) is 2. The molecule has 2 rings (SSSR count). The average Bonchev–Trinajstić information content (AvgIpc) is 2.31. The van der Waals surface area contributed by atoms with Crippen LogP contribution in [0.3, 0.4) is 0 Å². The highest BCUT2D eigenvalue weighted by atomic mass is 19.2. The van der Waals surface area contributed by atoms with E-state index in [9.17, 15) is 13.9 Å². The zero-order chi connectivity index (χ0) is 12.3. The number of rotatable bonds is 3. The molecule has 2 aromatic carbocycles. The molecule has 0 atom stereocenters. The fourth-order valence-corrected chi connectivity index (χ4v) is 1.47. The summed E-state index contributed by atoms with van der Waals surface area (Å²) in [5.74, 6) is -1.56. The lowest BCUT2D eigenvalue weighted by molar-refractivity contribution is 0.475. The van der Waals surface area contributed by atoms with E-state index in [4.69, 9.17) is 0 Å². The summed E-state index contributed by atoms with van der Waals surface area (Å²) in [6, 6.07) is 10.3. The summed E-state index contributed by atoms with van der Waals surface area (Å²) in [7, 11) is 0. The van der Waals surface area contributed by atoms with E-state index < -0.39 is 11.6 Å². The molecule has 0 aromatic heterocycles. The quantitative estimate of drug-likeness (QED) is 0.855. The van der Waals surface area contributed by atoms with Gasteiger partial charge in [0.15, 0.2) is 11.6 Å². The minimum Gasteiger partial charge on any atom is -0.508 e. The van der Waals surface area contributed by atoms with Crippen molar-refractivity contribution in [2.75, 3.05) is 5.32 Å². The fraction of sp³-hybridized carbons (Fsp3) is 0.0769. The molecule has 0 fully saturated rings. The first-order valence-corrected chi connectivity index (χ1v) is 5.12. The summed E-state index contributed by atoms with van der Waals surface area (Å²) in [6.45, 7) is 0.362. The van der Waals surface area contributed by atoms with Gasteiger partial charge in [-0.15, -0.1) is 0 Å². The normalized spacial score (nSPS) is 10.2. The zero-order valence-electron chi connectivity index (χ0n) is 8.95. The van der Waals surface area contributed by atoms with Crippen LogP contribution in [0.4, 0.5) is 14.5 Å². The maximum Gasteiger partial charge on any atom is 0.159 e. The molecular weight excluding hydrogens is 224 g/mol. The smallest absolute Gasteiger partial charge is 0.159 e. The predicted molar refractivity (Wildman–Crippen MR) is 61.8 cm³/mol. The van der Waals surface area contributed by atoms with Crippen LogP contribution in [0.1, 0.15) is 5.56 Å². The van der Waals surface area contributed by atoms with Crippen LogP contribution < -0.4 is 5.32 Å². The van der Waals surface area contributed by atoms with Crippen molar-refractivity contribution < 1.29 is 13.9 Å². The molecule has 4 heteroatoms. The van der Waals surface area contributed by atoms with Gasteiger partial charge in [-0.2, -0.15) is 0 Å². The molecular formula is C13H11F2NO. The van der Waals surface area contributed by atoms with E-state index in [1.54, 1.807) is 24.3 Å². The summed E-state index contributed by atoms with van der Waals surface area (Å²) in [5, 5.41) is 12.2. The summed E-state index contributed by atoms with van der Waals surface area (Å²) in [6.07, 6.45) is 0. The lowest BCUT2D eigenvalue weighted by Gasteiger charge is -2.07. The number of hydrogen-bond donors (Lipinski definition) is 2. The van der Waals surface area contributed by atoms with E-state index in [0.29, 0.717) is 12.1 Å². The van der Waals surface area contributed by atoms with Gasteiger partial charge in [0.25, 0.3) is 0 Å². The third kappa shape index (κ3) is 2.93. The maximum absolute atomic E-state index is 12.9. The van der Waals surface area contributed by atoms with Gasteiger partial charge in [-0.1, -0.05) is 12.1 Å². The lowest BCUT2D eigenvalue weighted by atomic mass is 10.2. The summed E-state index contributed by atoms with van der Waals surface area (Å²) < 4.78 is 25.6. The Balaban J connectivity index is 2.05. The second-order valence-corrected chi connectivity index (χ2v) is 3.65. The Hall–Kier alpha value is -2.10. The minimum absolute atomic E-state index is 0.153. The number of aromatic hydroxyl groups is 1.